The summed E-state index contributed by atoms with van der Waals surface area (Å²) in [7, 11) is 1.60. The zero-order valence-electron chi connectivity index (χ0n) is 20.0. The lowest BCUT2D eigenvalue weighted by Gasteiger charge is -2.37. The Balaban J connectivity index is 1.23. The molecule has 0 spiro atoms. The molecule has 2 saturated carbocycles. The molecule has 0 radical (unpaired) electrons. The molecule has 3 aliphatic rings. The molecule has 2 fully saturated rings. The van der Waals surface area contributed by atoms with Crippen LogP contribution in [0.3, 0.4) is 0 Å². The number of hydrogen-bond acceptors (Lipinski definition) is 4. The lowest BCUT2D eigenvalue weighted by atomic mass is 9.92. The first-order valence-electron chi connectivity index (χ1n) is 12.5. The van der Waals surface area contributed by atoms with E-state index in [1.807, 2.05) is 24.3 Å². The molecule has 5 rings (SSSR count). The minimum Gasteiger partial charge on any atom is -0.479 e. The third-order valence-corrected chi connectivity index (χ3v) is 8.28. The summed E-state index contributed by atoms with van der Waals surface area (Å²) in [6.07, 6.45) is 4.13. The van der Waals surface area contributed by atoms with E-state index < -0.39 is 23.5 Å². The Hall–Kier alpha value is -3.35. The molecule has 0 unspecified atom stereocenters. The van der Waals surface area contributed by atoms with E-state index in [0.717, 1.165) is 30.4 Å². The average molecular weight is 477 g/mol. The molecule has 7 heteroatoms. The molecule has 2 aromatic rings. The molecule has 184 valence electrons. The minimum atomic E-state index is -1.13. The number of benzene rings is 2. The standard InChI is InChI=1S/C28H32N2O5/c1-30(28(26(32)33)15-6-7-16-28)25(31)22-13-8-14-24(22)29-27(34)35-17-23-20-11-4-2-9-18(20)19-10-3-5-12-21(19)23/h2-5,9-12,22-24H,6-8,13-17H2,1H3,(H,29,34)(H,32,33)/t22-,24+/m1/s1. The fourth-order valence-corrected chi connectivity index (χ4v) is 6.33. The Morgan fingerprint density at radius 1 is 0.971 bits per heavy atom. The van der Waals surface area contributed by atoms with Crippen molar-refractivity contribution in [3.63, 3.8) is 0 Å². The molecule has 2 aromatic carbocycles. The van der Waals surface area contributed by atoms with Crippen LogP contribution in [-0.2, 0) is 14.3 Å². The van der Waals surface area contributed by atoms with E-state index >= 15 is 0 Å². The highest BCUT2D eigenvalue weighted by atomic mass is 16.5. The van der Waals surface area contributed by atoms with Crippen molar-refractivity contribution in [2.75, 3.05) is 13.7 Å². The fraction of sp³-hybridized carbons (Fsp3) is 0.464. The molecule has 0 bridgehead atoms. The average Bonchev–Trinajstić information content (AvgIpc) is 3.60. The Bertz CT molecular complexity index is 1090. The van der Waals surface area contributed by atoms with Crippen LogP contribution in [0.4, 0.5) is 4.79 Å². The molecular weight excluding hydrogens is 444 g/mol. The van der Waals surface area contributed by atoms with Crippen LogP contribution in [0.1, 0.15) is 62.0 Å². The maximum atomic E-state index is 13.3. The van der Waals surface area contributed by atoms with E-state index in [2.05, 4.69) is 29.6 Å². The minimum absolute atomic E-state index is 0.0296. The largest absolute Gasteiger partial charge is 0.479 e. The number of carboxylic acid groups (broad SMARTS) is 1. The first kappa shape index (κ1) is 23.4. The van der Waals surface area contributed by atoms with Gasteiger partial charge in [-0.25, -0.2) is 9.59 Å². The number of rotatable bonds is 6. The first-order chi connectivity index (χ1) is 16.9. The van der Waals surface area contributed by atoms with Crippen LogP contribution in [0.2, 0.25) is 0 Å². The van der Waals surface area contributed by atoms with Crippen molar-refractivity contribution < 1.29 is 24.2 Å². The number of nitrogens with one attached hydrogen (secondary N) is 1. The van der Waals surface area contributed by atoms with Gasteiger partial charge in [0.05, 0.1) is 5.92 Å². The van der Waals surface area contributed by atoms with Gasteiger partial charge in [-0.05, 0) is 47.9 Å². The van der Waals surface area contributed by atoms with E-state index in [1.54, 1.807) is 7.05 Å². The summed E-state index contributed by atoms with van der Waals surface area (Å²) in [5.74, 6) is -1.60. The lowest BCUT2D eigenvalue weighted by Crippen LogP contribution is -2.56. The SMILES string of the molecule is CN(C(=O)[C@@H]1CCC[C@@H]1NC(=O)OCC1c2ccccc2-c2ccccc21)C1(C(=O)O)CCCC1. The zero-order chi connectivity index (χ0) is 24.6. The van der Waals surface area contributed by atoms with Gasteiger partial charge in [0, 0.05) is 19.0 Å². The van der Waals surface area contributed by atoms with Crippen LogP contribution in [0, 0.1) is 5.92 Å². The van der Waals surface area contributed by atoms with E-state index in [9.17, 15) is 19.5 Å². The van der Waals surface area contributed by atoms with Crippen LogP contribution < -0.4 is 5.32 Å². The van der Waals surface area contributed by atoms with Crippen molar-refractivity contribution in [2.24, 2.45) is 5.92 Å². The highest BCUT2D eigenvalue weighted by Gasteiger charge is 2.49. The molecule has 2 amide bonds. The van der Waals surface area contributed by atoms with Gasteiger partial charge in [0.1, 0.15) is 12.1 Å². The molecular formula is C28H32N2O5. The molecule has 0 aliphatic heterocycles. The van der Waals surface area contributed by atoms with Crippen molar-refractivity contribution in [1.29, 1.82) is 0 Å². The molecule has 0 aromatic heterocycles. The number of nitrogens with zero attached hydrogens (tertiary/aromatic N) is 1. The Kier molecular flexibility index (Phi) is 6.26. The number of amides is 2. The number of aliphatic carboxylic acids is 1. The van der Waals surface area contributed by atoms with E-state index in [1.165, 1.54) is 16.0 Å². The quantitative estimate of drug-likeness (QED) is 0.638. The Morgan fingerprint density at radius 3 is 2.17 bits per heavy atom. The highest BCUT2D eigenvalue weighted by molar-refractivity contribution is 5.89. The topological polar surface area (TPSA) is 95.9 Å². The highest BCUT2D eigenvalue weighted by Crippen LogP contribution is 2.44. The molecule has 0 saturated heterocycles. The Morgan fingerprint density at radius 2 is 1.57 bits per heavy atom. The summed E-state index contributed by atoms with van der Waals surface area (Å²) in [6, 6.07) is 16.0. The Labute approximate surface area is 205 Å². The molecule has 2 atom stereocenters. The predicted octanol–water partition coefficient (Wildman–Crippen LogP) is 4.55. The first-order valence-corrected chi connectivity index (χ1v) is 12.5. The summed E-state index contributed by atoms with van der Waals surface area (Å²) >= 11 is 0. The predicted molar refractivity (Wildman–Crippen MR) is 131 cm³/mol. The van der Waals surface area contributed by atoms with Crippen molar-refractivity contribution >= 4 is 18.0 Å². The van der Waals surface area contributed by atoms with Gasteiger partial charge < -0.3 is 20.1 Å². The fourth-order valence-electron chi connectivity index (χ4n) is 6.33. The third kappa shape index (κ3) is 4.07. The van der Waals surface area contributed by atoms with Gasteiger partial charge >= 0.3 is 12.1 Å². The number of hydrogen-bond donors (Lipinski definition) is 2. The molecule has 7 nitrogen and oxygen atoms in total. The van der Waals surface area contributed by atoms with Gasteiger partial charge in [-0.2, -0.15) is 0 Å². The third-order valence-electron chi connectivity index (χ3n) is 8.28. The molecule has 35 heavy (non-hydrogen) atoms. The van der Waals surface area contributed by atoms with Gasteiger partial charge in [-0.3, -0.25) is 4.79 Å². The summed E-state index contributed by atoms with van der Waals surface area (Å²) in [5.41, 5.74) is 3.50. The number of fused-ring (bicyclic) bond motifs is 3. The number of carbonyl (C=O) groups is 3. The van der Waals surface area contributed by atoms with E-state index in [4.69, 9.17) is 4.74 Å². The number of likely N-dealkylation sites (N-methyl/N-ethyl adjacent to an activating group) is 1. The summed E-state index contributed by atoms with van der Waals surface area (Å²) in [6.45, 7) is 0.215. The number of alkyl carbamates (subject to hydrolysis) is 1. The molecule has 0 heterocycles. The maximum Gasteiger partial charge on any atom is 0.407 e. The van der Waals surface area contributed by atoms with Gasteiger partial charge in [-0.15, -0.1) is 0 Å². The van der Waals surface area contributed by atoms with Crippen molar-refractivity contribution in [1.82, 2.24) is 10.2 Å². The summed E-state index contributed by atoms with van der Waals surface area (Å²) < 4.78 is 5.68. The van der Waals surface area contributed by atoms with Crippen LogP contribution in [0.15, 0.2) is 48.5 Å². The van der Waals surface area contributed by atoms with Gasteiger partial charge in [0.15, 0.2) is 0 Å². The van der Waals surface area contributed by atoms with Gasteiger partial charge in [0.2, 0.25) is 5.91 Å². The van der Waals surface area contributed by atoms with Crippen molar-refractivity contribution in [3.8, 4) is 11.1 Å². The van der Waals surface area contributed by atoms with Gasteiger partial charge in [-0.1, -0.05) is 67.8 Å². The molecule has 3 aliphatic carbocycles. The van der Waals surface area contributed by atoms with Crippen LogP contribution in [0.5, 0.6) is 0 Å². The smallest absolute Gasteiger partial charge is 0.407 e. The van der Waals surface area contributed by atoms with E-state index in [0.29, 0.717) is 25.7 Å². The van der Waals surface area contributed by atoms with Crippen LogP contribution in [-0.4, -0.2) is 53.2 Å². The second-order valence-electron chi connectivity index (χ2n) is 10.1. The second-order valence-corrected chi connectivity index (χ2v) is 10.1. The van der Waals surface area contributed by atoms with Crippen LogP contribution >= 0.6 is 0 Å². The normalized spacial score (nSPS) is 22.3. The monoisotopic (exact) mass is 476 g/mol. The lowest BCUT2D eigenvalue weighted by molar-refractivity contribution is -0.159. The number of carboxylic acids is 1. The summed E-state index contributed by atoms with van der Waals surface area (Å²) in [4.78, 5) is 39.6. The van der Waals surface area contributed by atoms with Crippen LogP contribution in [0.25, 0.3) is 11.1 Å². The second kappa shape index (κ2) is 9.36. The zero-order valence-corrected chi connectivity index (χ0v) is 20.0. The number of carbonyl (C=O) groups excluding carboxylic acids is 2. The maximum absolute atomic E-state index is 13.3. The van der Waals surface area contributed by atoms with E-state index in [-0.39, 0.29) is 24.5 Å². The number of ether oxygens (including phenoxy) is 1. The van der Waals surface area contributed by atoms with Crippen molar-refractivity contribution in [3.05, 3.63) is 59.7 Å². The van der Waals surface area contributed by atoms with Crippen molar-refractivity contribution in [2.45, 2.75) is 62.4 Å². The van der Waals surface area contributed by atoms with Gasteiger partial charge in [0.25, 0.3) is 0 Å². The molecule has 2 N–H and O–H groups in total. The summed E-state index contributed by atoms with van der Waals surface area (Å²) in [5, 5.41) is 12.8.